The summed E-state index contributed by atoms with van der Waals surface area (Å²) in [6, 6.07) is 0. The Hall–Kier alpha value is -0.610. The molecule has 1 saturated heterocycles. The number of piperidine rings is 1. The first-order chi connectivity index (χ1) is 9.26. The van der Waals surface area contributed by atoms with Gasteiger partial charge in [0, 0.05) is 24.2 Å². The third-order valence-corrected chi connectivity index (χ3v) is 5.67. The van der Waals surface area contributed by atoms with E-state index in [1.54, 1.807) is 11.3 Å². The number of anilines is 1. The van der Waals surface area contributed by atoms with Crippen LogP contribution in [0.1, 0.15) is 56.2 Å². The number of nitrogens with two attached hydrogens (primary N) is 1. The smallest absolute Gasteiger partial charge is 0.180 e. The third-order valence-electron chi connectivity index (χ3n) is 4.86. The Morgan fingerprint density at radius 3 is 2.58 bits per heavy atom. The highest BCUT2D eigenvalue weighted by atomic mass is 32.1. The van der Waals surface area contributed by atoms with Crippen molar-refractivity contribution >= 4 is 16.5 Å². The molecule has 2 N–H and O–H groups in total. The number of likely N-dealkylation sites (tertiary alicyclic amines) is 1. The van der Waals surface area contributed by atoms with Crippen LogP contribution in [0.25, 0.3) is 0 Å². The summed E-state index contributed by atoms with van der Waals surface area (Å²) < 4.78 is 0. The molecule has 1 saturated carbocycles. The molecule has 106 valence electrons. The van der Waals surface area contributed by atoms with Crippen LogP contribution in [-0.2, 0) is 6.54 Å². The third kappa shape index (κ3) is 3.29. The van der Waals surface area contributed by atoms with Gasteiger partial charge in [0.1, 0.15) is 0 Å². The molecule has 1 aliphatic carbocycles. The normalized spacial score (nSPS) is 24.4. The summed E-state index contributed by atoms with van der Waals surface area (Å²) in [4.78, 5) is 8.13. The molecule has 0 amide bonds. The maximum atomic E-state index is 5.73. The van der Waals surface area contributed by atoms with E-state index in [1.807, 2.05) is 6.20 Å². The monoisotopic (exact) mass is 279 g/mol. The lowest BCUT2D eigenvalue weighted by molar-refractivity contribution is 0.0693. The predicted octanol–water partition coefficient (Wildman–Crippen LogP) is 3.66. The van der Waals surface area contributed by atoms with Crippen molar-refractivity contribution in [1.29, 1.82) is 0 Å². The van der Waals surface area contributed by atoms with Gasteiger partial charge in [-0.2, -0.15) is 0 Å². The summed E-state index contributed by atoms with van der Waals surface area (Å²) in [5.41, 5.74) is 6.36. The molecule has 2 fully saturated rings. The van der Waals surface area contributed by atoms with E-state index in [-0.39, 0.29) is 0 Å². The van der Waals surface area contributed by atoms with Gasteiger partial charge in [-0.05, 0) is 37.6 Å². The Kier molecular flexibility index (Phi) is 4.08. The molecule has 19 heavy (non-hydrogen) atoms. The number of aromatic nitrogens is 1. The number of thiazole rings is 1. The van der Waals surface area contributed by atoms with Crippen LogP contribution in [0.2, 0.25) is 0 Å². The average Bonchev–Trinajstić information content (AvgIpc) is 2.67. The zero-order valence-corrected chi connectivity index (χ0v) is 12.6. The first kappa shape index (κ1) is 13.4. The van der Waals surface area contributed by atoms with Gasteiger partial charge in [0.2, 0.25) is 0 Å². The lowest BCUT2D eigenvalue weighted by atomic mass is 9.74. The lowest BCUT2D eigenvalue weighted by Gasteiger charge is -2.42. The minimum absolute atomic E-state index is 0.630. The van der Waals surface area contributed by atoms with Gasteiger partial charge in [-0.15, -0.1) is 11.3 Å². The maximum absolute atomic E-state index is 5.73. The van der Waals surface area contributed by atoms with Crippen molar-refractivity contribution in [3.63, 3.8) is 0 Å². The maximum Gasteiger partial charge on any atom is 0.180 e. The molecular formula is C15H25N3S. The van der Waals surface area contributed by atoms with Crippen LogP contribution in [0.4, 0.5) is 5.13 Å². The Morgan fingerprint density at radius 2 is 1.89 bits per heavy atom. The molecule has 1 spiro atoms. The second-order valence-electron chi connectivity index (χ2n) is 6.39. The minimum atomic E-state index is 0.630. The van der Waals surface area contributed by atoms with Crippen molar-refractivity contribution in [3.8, 4) is 0 Å². The van der Waals surface area contributed by atoms with Crippen LogP contribution in [0.5, 0.6) is 0 Å². The average molecular weight is 279 g/mol. The highest BCUT2D eigenvalue weighted by Gasteiger charge is 2.35. The Bertz CT molecular complexity index is 407. The molecule has 1 aromatic rings. The molecule has 2 aliphatic rings. The second kappa shape index (κ2) is 5.80. The molecular weight excluding hydrogens is 254 g/mol. The van der Waals surface area contributed by atoms with Gasteiger partial charge in [-0.25, -0.2) is 4.98 Å². The van der Waals surface area contributed by atoms with Crippen LogP contribution in [0.15, 0.2) is 6.20 Å². The first-order valence-electron chi connectivity index (χ1n) is 7.68. The van der Waals surface area contributed by atoms with Gasteiger partial charge in [-0.3, -0.25) is 4.90 Å². The van der Waals surface area contributed by atoms with Crippen molar-refractivity contribution in [2.75, 3.05) is 18.8 Å². The van der Waals surface area contributed by atoms with Gasteiger partial charge in [0.15, 0.2) is 5.13 Å². The number of nitrogen functional groups attached to an aromatic ring is 1. The molecule has 3 nitrogen and oxygen atoms in total. The standard InChI is InChI=1S/C15H25N3S/c16-14-17-10-13(19-14)11-18-9-5-8-15(12-18)6-3-1-2-4-7-15/h10H,1-9,11-12H2,(H2,16,17). The van der Waals surface area contributed by atoms with E-state index in [0.29, 0.717) is 10.5 Å². The molecule has 2 heterocycles. The predicted molar refractivity (Wildman–Crippen MR) is 81.2 cm³/mol. The van der Waals surface area contributed by atoms with Crippen LogP contribution < -0.4 is 5.73 Å². The van der Waals surface area contributed by atoms with E-state index in [4.69, 9.17) is 5.73 Å². The Labute approximate surface area is 120 Å². The van der Waals surface area contributed by atoms with Gasteiger partial charge in [-0.1, -0.05) is 25.7 Å². The number of hydrogen-bond donors (Lipinski definition) is 1. The van der Waals surface area contributed by atoms with E-state index in [2.05, 4.69) is 9.88 Å². The molecule has 0 radical (unpaired) electrons. The number of hydrogen-bond acceptors (Lipinski definition) is 4. The summed E-state index contributed by atoms with van der Waals surface area (Å²) in [6.45, 7) is 3.60. The van der Waals surface area contributed by atoms with E-state index in [1.165, 1.54) is 69.3 Å². The van der Waals surface area contributed by atoms with E-state index < -0.39 is 0 Å². The van der Waals surface area contributed by atoms with Gasteiger partial charge < -0.3 is 5.73 Å². The quantitative estimate of drug-likeness (QED) is 0.898. The molecule has 0 aromatic carbocycles. The van der Waals surface area contributed by atoms with Crippen LogP contribution in [0.3, 0.4) is 0 Å². The molecule has 1 aromatic heterocycles. The van der Waals surface area contributed by atoms with Gasteiger partial charge in [0.05, 0.1) is 0 Å². The SMILES string of the molecule is Nc1ncc(CN2CCCC3(CCCCCC3)C2)s1. The summed E-state index contributed by atoms with van der Waals surface area (Å²) in [5, 5.41) is 0.705. The van der Waals surface area contributed by atoms with E-state index >= 15 is 0 Å². The summed E-state index contributed by atoms with van der Waals surface area (Å²) in [6.07, 6.45) is 13.5. The molecule has 1 aliphatic heterocycles. The second-order valence-corrected chi connectivity index (χ2v) is 7.54. The first-order valence-corrected chi connectivity index (χ1v) is 8.50. The van der Waals surface area contributed by atoms with Crippen LogP contribution >= 0.6 is 11.3 Å². The van der Waals surface area contributed by atoms with Gasteiger partial charge in [0.25, 0.3) is 0 Å². The number of rotatable bonds is 2. The summed E-state index contributed by atoms with van der Waals surface area (Å²) in [7, 11) is 0. The summed E-state index contributed by atoms with van der Waals surface area (Å²) in [5.74, 6) is 0. The highest BCUT2D eigenvalue weighted by molar-refractivity contribution is 7.15. The van der Waals surface area contributed by atoms with Crippen molar-refractivity contribution in [3.05, 3.63) is 11.1 Å². The fraction of sp³-hybridized carbons (Fsp3) is 0.800. The largest absolute Gasteiger partial charge is 0.375 e. The molecule has 3 rings (SSSR count). The highest BCUT2D eigenvalue weighted by Crippen LogP contribution is 2.42. The molecule has 0 atom stereocenters. The minimum Gasteiger partial charge on any atom is -0.375 e. The fourth-order valence-corrected chi connectivity index (χ4v) is 4.67. The Morgan fingerprint density at radius 1 is 1.16 bits per heavy atom. The van der Waals surface area contributed by atoms with Crippen molar-refractivity contribution in [1.82, 2.24) is 9.88 Å². The van der Waals surface area contributed by atoms with Crippen molar-refractivity contribution in [2.45, 2.75) is 57.9 Å². The van der Waals surface area contributed by atoms with E-state index in [9.17, 15) is 0 Å². The van der Waals surface area contributed by atoms with Crippen molar-refractivity contribution < 1.29 is 0 Å². The van der Waals surface area contributed by atoms with Crippen LogP contribution in [-0.4, -0.2) is 23.0 Å². The topological polar surface area (TPSA) is 42.1 Å². The Balaban J connectivity index is 1.63. The number of nitrogens with zero attached hydrogens (tertiary/aromatic N) is 2. The fourth-order valence-electron chi connectivity index (χ4n) is 3.95. The molecule has 0 bridgehead atoms. The summed E-state index contributed by atoms with van der Waals surface area (Å²) >= 11 is 1.65. The molecule has 0 unspecified atom stereocenters. The molecule has 4 heteroatoms. The zero-order chi connectivity index (χ0) is 13.1. The van der Waals surface area contributed by atoms with Crippen molar-refractivity contribution in [2.24, 2.45) is 5.41 Å². The lowest BCUT2D eigenvalue weighted by Crippen LogP contribution is -2.42. The van der Waals surface area contributed by atoms with Crippen LogP contribution in [0, 0.1) is 5.41 Å². The zero-order valence-electron chi connectivity index (χ0n) is 11.7. The van der Waals surface area contributed by atoms with E-state index in [0.717, 1.165) is 6.54 Å². The van der Waals surface area contributed by atoms with Gasteiger partial charge >= 0.3 is 0 Å².